The molecule has 2 unspecified atom stereocenters. The highest BCUT2D eigenvalue weighted by Gasteiger charge is 2.38. The van der Waals surface area contributed by atoms with Gasteiger partial charge in [0.05, 0.1) is 5.25 Å². The number of carbonyl (C=O) groups excluding carboxylic acids is 2. The van der Waals surface area contributed by atoms with Crippen LogP contribution >= 0.6 is 23.1 Å². The maximum atomic E-state index is 12.1. The number of amides is 2. The predicted octanol–water partition coefficient (Wildman–Crippen LogP) is 1.85. The molecule has 1 N–H and O–H groups in total. The maximum absolute atomic E-state index is 12.1. The normalized spacial score (nSPS) is 23.4. The number of thioether (sulfide) groups is 1. The van der Waals surface area contributed by atoms with Gasteiger partial charge < -0.3 is 10.2 Å². The van der Waals surface area contributed by atoms with Crippen LogP contribution in [0.4, 0.5) is 0 Å². The molecule has 18 heavy (non-hydrogen) atoms. The van der Waals surface area contributed by atoms with Gasteiger partial charge >= 0.3 is 0 Å². The summed E-state index contributed by atoms with van der Waals surface area (Å²) in [6, 6.07) is 2.04. The summed E-state index contributed by atoms with van der Waals surface area (Å²) in [4.78, 5) is 25.2. The van der Waals surface area contributed by atoms with Gasteiger partial charge in [0.1, 0.15) is 5.37 Å². The SMILES string of the molecule is CNC(=O)CCN1C(=O)C(C)SC1c1ccsc1. The molecule has 6 heteroatoms. The Morgan fingerprint density at radius 2 is 2.33 bits per heavy atom. The highest BCUT2D eigenvalue weighted by Crippen LogP contribution is 2.43. The lowest BCUT2D eigenvalue weighted by Crippen LogP contribution is -2.33. The molecule has 0 radical (unpaired) electrons. The first-order chi connectivity index (χ1) is 8.63. The van der Waals surface area contributed by atoms with E-state index in [4.69, 9.17) is 0 Å². The van der Waals surface area contributed by atoms with E-state index in [1.807, 2.05) is 23.3 Å². The molecule has 0 spiro atoms. The van der Waals surface area contributed by atoms with Crippen molar-refractivity contribution in [3.63, 3.8) is 0 Å². The zero-order valence-electron chi connectivity index (χ0n) is 10.4. The van der Waals surface area contributed by atoms with Crippen LogP contribution in [0.2, 0.25) is 0 Å². The summed E-state index contributed by atoms with van der Waals surface area (Å²) in [7, 11) is 1.61. The Kier molecular flexibility index (Phi) is 4.29. The van der Waals surface area contributed by atoms with Gasteiger partial charge in [-0.3, -0.25) is 9.59 Å². The average Bonchev–Trinajstić information content (AvgIpc) is 2.97. The monoisotopic (exact) mass is 284 g/mol. The molecule has 0 bridgehead atoms. The first kappa shape index (κ1) is 13.4. The van der Waals surface area contributed by atoms with Crippen LogP contribution in [0, 0.1) is 0 Å². The second-order valence-corrected chi connectivity index (χ2v) is 6.35. The molecular formula is C12H16N2O2S2. The number of hydrogen-bond acceptors (Lipinski definition) is 4. The van der Waals surface area contributed by atoms with Gasteiger partial charge in [0, 0.05) is 20.0 Å². The van der Waals surface area contributed by atoms with E-state index in [1.165, 1.54) is 0 Å². The van der Waals surface area contributed by atoms with Crippen molar-refractivity contribution in [1.29, 1.82) is 0 Å². The standard InChI is InChI=1S/C12H16N2O2S2/c1-8-11(16)14(5-3-10(15)13-2)12(18-8)9-4-6-17-7-9/h4,6-8,12H,3,5H2,1-2H3,(H,13,15). The highest BCUT2D eigenvalue weighted by molar-refractivity contribution is 8.01. The predicted molar refractivity (Wildman–Crippen MR) is 74.5 cm³/mol. The summed E-state index contributed by atoms with van der Waals surface area (Å²) in [6.07, 6.45) is 0.357. The minimum absolute atomic E-state index is 0.0282. The number of rotatable bonds is 4. The highest BCUT2D eigenvalue weighted by atomic mass is 32.2. The van der Waals surface area contributed by atoms with Crippen LogP contribution in [0.5, 0.6) is 0 Å². The number of nitrogens with zero attached hydrogens (tertiary/aromatic N) is 1. The maximum Gasteiger partial charge on any atom is 0.236 e. The minimum atomic E-state index is -0.0311. The topological polar surface area (TPSA) is 49.4 Å². The molecule has 4 nitrogen and oxygen atoms in total. The summed E-state index contributed by atoms with van der Waals surface area (Å²) in [5.74, 6) is 0.0940. The summed E-state index contributed by atoms with van der Waals surface area (Å²) in [5, 5.41) is 6.69. The van der Waals surface area contributed by atoms with Gasteiger partial charge in [-0.25, -0.2) is 0 Å². The molecule has 1 fully saturated rings. The van der Waals surface area contributed by atoms with Gasteiger partial charge in [-0.2, -0.15) is 11.3 Å². The molecule has 1 aliphatic rings. The molecule has 98 valence electrons. The largest absolute Gasteiger partial charge is 0.359 e. The summed E-state index contributed by atoms with van der Waals surface area (Å²) in [6.45, 7) is 2.41. The molecule has 2 amide bonds. The number of thiophene rings is 1. The van der Waals surface area contributed by atoms with E-state index in [2.05, 4.69) is 10.7 Å². The van der Waals surface area contributed by atoms with Crippen molar-refractivity contribution in [2.75, 3.05) is 13.6 Å². The Labute approximate surface area is 115 Å². The van der Waals surface area contributed by atoms with Crippen LogP contribution in [0.15, 0.2) is 16.8 Å². The molecule has 2 heterocycles. The third-order valence-corrected chi connectivity index (χ3v) is 5.03. The van der Waals surface area contributed by atoms with E-state index in [9.17, 15) is 9.59 Å². The van der Waals surface area contributed by atoms with E-state index >= 15 is 0 Å². The van der Waals surface area contributed by atoms with Gasteiger partial charge in [0.15, 0.2) is 0 Å². The Morgan fingerprint density at radius 1 is 1.56 bits per heavy atom. The molecular weight excluding hydrogens is 268 g/mol. The molecule has 1 aromatic rings. The van der Waals surface area contributed by atoms with E-state index in [1.54, 1.807) is 30.1 Å². The van der Waals surface area contributed by atoms with Crippen molar-refractivity contribution in [1.82, 2.24) is 10.2 Å². The van der Waals surface area contributed by atoms with Crippen LogP contribution < -0.4 is 5.32 Å². The minimum Gasteiger partial charge on any atom is -0.359 e. The molecule has 0 saturated carbocycles. The smallest absolute Gasteiger partial charge is 0.236 e. The fourth-order valence-corrected chi connectivity index (χ4v) is 3.99. The van der Waals surface area contributed by atoms with Crippen molar-refractivity contribution in [2.24, 2.45) is 0 Å². The Morgan fingerprint density at radius 3 is 2.94 bits per heavy atom. The van der Waals surface area contributed by atoms with Crippen LogP contribution in [0.3, 0.4) is 0 Å². The number of hydrogen-bond donors (Lipinski definition) is 1. The zero-order valence-corrected chi connectivity index (χ0v) is 12.0. The van der Waals surface area contributed by atoms with Gasteiger partial charge in [0.25, 0.3) is 0 Å². The summed E-state index contributed by atoms with van der Waals surface area (Å²) in [5.41, 5.74) is 1.15. The van der Waals surface area contributed by atoms with Crippen molar-refractivity contribution in [3.8, 4) is 0 Å². The number of carbonyl (C=O) groups is 2. The van der Waals surface area contributed by atoms with Crippen molar-refractivity contribution in [3.05, 3.63) is 22.4 Å². The van der Waals surface area contributed by atoms with E-state index in [-0.39, 0.29) is 22.4 Å². The van der Waals surface area contributed by atoms with Gasteiger partial charge in [0.2, 0.25) is 11.8 Å². The third kappa shape index (κ3) is 2.70. The fraction of sp³-hybridized carbons (Fsp3) is 0.500. The van der Waals surface area contributed by atoms with Crippen molar-refractivity contribution >= 4 is 34.9 Å². The molecule has 1 aromatic heterocycles. The molecule has 2 rings (SSSR count). The number of nitrogens with one attached hydrogen (secondary N) is 1. The first-order valence-electron chi connectivity index (χ1n) is 5.82. The molecule has 2 atom stereocenters. The Hall–Kier alpha value is -1.01. The zero-order chi connectivity index (χ0) is 13.1. The summed E-state index contributed by atoms with van der Waals surface area (Å²) < 4.78 is 0. The van der Waals surface area contributed by atoms with Gasteiger partial charge in [-0.1, -0.05) is 0 Å². The van der Waals surface area contributed by atoms with Crippen LogP contribution in [0.25, 0.3) is 0 Å². The molecule has 1 aliphatic heterocycles. The van der Waals surface area contributed by atoms with Crippen molar-refractivity contribution in [2.45, 2.75) is 24.0 Å². The Balaban J connectivity index is 2.08. The lowest BCUT2D eigenvalue weighted by Gasteiger charge is -2.22. The Bertz CT molecular complexity index is 433. The van der Waals surface area contributed by atoms with E-state index in [0.29, 0.717) is 13.0 Å². The molecule has 0 aliphatic carbocycles. The van der Waals surface area contributed by atoms with Gasteiger partial charge in [-0.05, 0) is 29.3 Å². The van der Waals surface area contributed by atoms with E-state index in [0.717, 1.165) is 5.56 Å². The third-order valence-electron chi connectivity index (χ3n) is 2.93. The lowest BCUT2D eigenvalue weighted by molar-refractivity contribution is -0.130. The second kappa shape index (κ2) is 5.75. The van der Waals surface area contributed by atoms with Crippen LogP contribution in [0.1, 0.15) is 24.3 Å². The van der Waals surface area contributed by atoms with Crippen LogP contribution in [-0.2, 0) is 9.59 Å². The van der Waals surface area contributed by atoms with E-state index < -0.39 is 0 Å². The summed E-state index contributed by atoms with van der Waals surface area (Å²) >= 11 is 3.28. The molecule has 0 aromatic carbocycles. The van der Waals surface area contributed by atoms with Gasteiger partial charge in [-0.15, -0.1) is 11.8 Å². The lowest BCUT2D eigenvalue weighted by atomic mass is 10.2. The first-order valence-corrected chi connectivity index (χ1v) is 7.70. The molecule has 1 saturated heterocycles. The average molecular weight is 284 g/mol. The van der Waals surface area contributed by atoms with Crippen molar-refractivity contribution < 1.29 is 9.59 Å². The quantitative estimate of drug-likeness (QED) is 0.918. The van der Waals surface area contributed by atoms with Crippen LogP contribution in [-0.4, -0.2) is 35.6 Å². The fourth-order valence-electron chi connectivity index (χ4n) is 1.92. The second-order valence-electron chi connectivity index (χ2n) is 4.14.